The monoisotopic (exact) mass is 441 g/mol. The molecule has 1 spiro atoms. The lowest BCUT2D eigenvalue weighted by Crippen LogP contribution is -2.53. The van der Waals surface area contributed by atoms with Crippen LogP contribution in [-0.2, 0) is 20.7 Å². The Bertz CT molecular complexity index is 1060. The number of ether oxygens (including phenoxy) is 1. The zero-order valence-electron chi connectivity index (χ0n) is 17.8. The van der Waals surface area contributed by atoms with Gasteiger partial charge in [-0.2, -0.15) is 4.68 Å². The molecule has 0 aromatic carbocycles. The van der Waals surface area contributed by atoms with Crippen LogP contribution in [0.2, 0.25) is 0 Å². The van der Waals surface area contributed by atoms with E-state index in [0.717, 1.165) is 12.0 Å². The topological polar surface area (TPSA) is 106 Å². The van der Waals surface area contributed by atoms with Crippen molar-refractivity contribution in [2.24, 2.45) is 5.41 Å². The van der Waals surface area contributed by atoms with Gasteiger partial charge in [0.1, 0.15) is 19.1 Å². The van der Waals surface area contributed by atoms with Gasteiger partial charge in [-0.3, -0.25) is 4.79 Å². The number of hydrogen-bond donors (Lipinski definition) is 0. The minimum Gasteiger partial charge on any atom is -0.456 e. The highest BCUT2D eigenvalue weighted by Gasteiger charge is 2.55. The van der Waals surface area contributed by atoms with Gasteiger partial charge in [-0.1, -0.05) is 6.07 Å². The molecule has 2 saturated heterocycles. The molecular weight excluding hydrogens is 417 g/mol. The molecule has 32 heavy (non-hydrogen) atoms. The Morgan fingerprint density at radius 2 is 2.09 bits per heavy atom. The second-order valence-electron chi connectivity index (χ2n) is 8.56. The van der Waals surface area contributed by atoms with Crippen molar-refractivity contribution in [1.29, 1.82) is 0 Å². The Labute approximate surface area is 184 Å². The number of carbonyl (C=O) groups excluding carboxylic acids is 2. The quantitative estimate of drug-likeness (QED) is 0.624. The highest BCUT2D eigenvalue weighted by molar-refractivity contribution is 5.94. The fourth-order valence-corrected chi connectivity index (χ4v) is 4.78. The second kappa shape index (κ2) is 8.05. The maximum atomic E-state index is 15.4. The van der Waals surface area contributed by atoms with Crippen molar-refractivity contribution in [2.45, 2.75) is 32.4 Å². The van der Waals surface area contributed by atoms with E-state index in [2.05, 4.69) is 25.4 Å². The zero-order valence-corrected chi connectivity index (χ0v) is 17.8. The lowest BCUT2D eigenvalue weighted by molar-refractivity contribution is -0.142. The number of hydrogen-bond acceptors (Lipinski definition) is 8. The number of halogens is 1. The summed E-state index contributed by atoms with van der Waals surface area (Å²) in [7, 11) is 0. The number of cyclic esters (lactones) is 1. The third-order valence-corrected chi connectivity index (χ3v) is 6.86. The first-order valence-electron chi connectivity index (χ1n) is 10.7. The summed E-state index contributed by atoms with van der Waals surface area (Å²) in [4.78, 5) is 32.9. The van der Waals surface area contributed by atoms with Crippen LogP contribution in [0.25, 0.3) is 5.82 Å². The van der Waals surface area contributed by atoms with Crippen molar-refractivity contribution in [1.82, 2.24) is 35.0 Å². The van der Waals surface area contributed by atoms with Gasteiger partial charge in [0.25, 0.3) is 0 Å². The van der Waals surface area contributed by atoms with Gasteiger partial charge >= 0.3 is 5.97 Å². The number of piperidine rings is 1. The van der Waals surface area contributed by atoms with E-state index < -0.39 is 17.6 Å². The SMILES string of the molecule is CC1=C(N2CCC3(CCN(CCc4ccc(-n5cnnn5)nc4)CC3F)C2=O)COC1=O. The van der Waals surface area contributed by atoms with Gasteiger partial charge in [-0.05, 0) is 54.8 Å². The lowest BCUT2D eigenvalue weighted by atomic mass is 9.75. The molecule has 168 valence electrons. The van der Waals surface area contributed by atoms with Crippen LogP contribution in [0.5, 0.6) is 0 Å². The molecule has 2 aromatic heterocycles. The number of alkyl halides is 1. The molecule has 2 atom stereocenters. The zero-order chi connectivity index (χ0) is 22.3. The average Bonchev–Trinajstić information content (AvgIpc) is 3.52. The van der Waals surface area contributed by atoms with E-state index in [9.17, 15) is 9.59 Å². The standard InChI is InChI=1S/C21H24FN7O3/c1-14-16(12-32-19(14)30)28-9-6-21(20(28)31)5-8-27(11-17(21)22)7-4-15-2-3-18(23-10-15)29-13-24-25-26-29/h2-3,10,13,17H,4-9,11-12H2,1H3. The predicted molar refractivity (Wildman–Crippen MR) is 109 cm³/mol. The minimum atomic E-state index is -1.24. The third kappa shape index (κ3) is 3.46. The van der Waals surface area contributed by atoms with E-state index >= 15 is 4.39 Å². The third-order valence-electron chi connectivity index (χ3n) is 6.86. The second-order valence-corrected chi connectivity index (χ2v) is 8.56. The van der Waals surface area contributed by atoms with Gasteiger partial charge in [0, 0.05) is 25.8 Å². The van der Waals surface area contributed by atoms with Crippen molar-refractivity contribution in [3.8, 4) is 5.82 Å². The van der Waals surface area contributed by atoms with Crippen LogP contribution >= 0.6 is 0 Å². The average molecular weight is 441 g/mol. The fraction of sp³-hybridized carbons (Fsp3) is 0.524. The van der Waals surface area contributed by atoms with Crippen LogP contribution in [-0.4, -0.2) is 85.8 Å². The molecule has 3 aliphatic heterocycles. The number of pyridine rings is 1. The summed E-state index contributed by atoms with van der Waals surface area (Å²) in [6.07, 6.45) is 3.68. The number of aromatic nitrogens is 5. The van der Waals surface area contributed by atoms with E-state index in [1.807, 2.05) is 12.1 Å². The Balaban J connectivity index is 1.19. The summed E-state index contributed by atoms with van der Waals surface area (Å²) in [6.45, 7) is 3.75. The summed E-state index contributed by atoms with van der Waals surface area (Å²) in [5.74, 6) is 0.0204. The number of nitrogens with zero attached hydrogens (tertiary/aromatic N) is 7. The molecule has 10 nitrogen and oxygen atoms in total. The van der Waals surface area contributed by atoms with Crippen molar-refractivity contribution in [3.05, 3.63) is 41.5 Å². The predicted octanol–water partition coefficient (Wildman–Crippen LogP) is 0.693. The van der Waals surface area contributed by atoms with Crippen molar-refractivity contribution in [2.75, 3.05) is 32.8 Å². The number of esters is 1. The molecule has 5 heterocycles. The Morgan fingerprint density at radius 3 is 2.75 bits per heavy atom. The smallest absolute Gasteiger partial charge is 0.336 e. The van der Waals surface area contributed by atoms with Crippen LogP contribution in [0.4, 0.5) is 4.39 Å². The molecule has 1 amide bonds. The van der Waals surface area contributed by atoms with Crippen LogP contribution < -0.4 is 0 Å². The molecule has 5 rings (SSSR count). The number of likely N-dealkylation sites (tertiary alicyclic amines) is 2. The Hall–Kier alpha value is -3.21. The normalized spacial score (nSPS) is 26.4. The summed E-state index contributed by atoms with van der Waals surface area (Å²) in [5, 5.41) is 11.0. The Morgan fingerprint density at radius 1 is 1.25 bits per heavy atom. The molecular formula is C21H24FN7O3. The first-order valence-corrected chi connectivity index (χ1v) is 10.7. The molecule has 11 heteroatoms. The molecule has 0 aliphatic carbocycles. The summed E-state index contributed by atoms with van der Waals surface area (Å²) in [5.41, 5.74) is 1.07. The Kier molecular flexibility index (Phi) is 5.20. The van der Waals surface area contributed by atoms with E-state index in [1.165, 1.54) is 11.0 Å². The summed E-state index contributed by atoms with van der Waals surface area (Å²) in [6, 6.07) is 3.80. The largest absolute Gasteiger partial charge is 0.456 e. The number of tetrazole rings is 1. The van der Waals surface area contributed by atoms with Crippen LogP contribution in [0.1, 0.15) is 25.3 Å². The van der Waals surface area contributed by atoms with E-state index in [4.69, 9.17) is 4.74 Å². The summed E-state index contributed by atoms with van der Waals surface area (Å²) < 4.78 is 21.9. The minimum absolute atomic E-state index is 0.0931. The first kappa shape index (κ1) is 20.7. The van der Waals surface area contributed by atoms with Crippen molar-refractivity contribution >= 4 is 11.9 Å². The molecule has 0 saturated carbocycles. The van der Waals surface area contributed by atoms with Gasteiger partial charge in [0.2, 0.25) is 5.91 Å². The van der Waals surface area contributed by atoms with Gasteiger partial charge in [-0.15, -0.1) is 5.10 Å². The van der Waals surface area contributed by atoms with Gasteiger partial charge in [-0.25, -0.2) is 14.2 Å². The highest BCUT2D eigenvalue weighted by Crippen LogP contribution is 2.45. The fourth-order valence-electron chi connectivity index (χ4n) is 4.78. The summed E-state index contributed by atoms with van der Waals surface area (Å²) >= 11 is 0. The molecule has 0 N–H and O–H groups in total. The maximum absolute atomic E-state index is 15.4. The first-order chi connectivity index (χ1) is 15.5. The van der Waals surface area contributed by atoms with Crippen molar-refractivity contribution < 1.29 is 18.7 Å². The van der Waals surface area contributed by atoms with Gasteiger partial charge in [0.15, 0.2) is 5.82 Å². The van der Waals surface area contributed by atoms with E-state index in [-0.39, 0.29) is 19.1 Å². The number of rotatable bonds is 5. The highest BCUT2D eigenvalue weighted by atomic mass is 19.1. The van der Waals surface area contributed by atoms with Crippen molar-refractivity contribution in [3.63, 3.8) is 0 Å². The van der Waals surface area contributed by atoms with Crippen LogP contribution in [0.3, 0.4) is 0 Å². The molecule has 2 fully saturated rings. The molecule has 2 unspecified atom stereocenters. The lowest BCUT2D eigenvalue weighted by Gasteiger charge is -2.40. The van der Waals surface area contributed by atoms with E-state index in [0.29, 0.717) is 49.6 Å². The van der Waals surface area contributed by atoms with Crippen LogP contribution in [0, 0.1) is 5.41 Å². The van der Waals surface area contributed by atoms with Crippen LogP contribution in [0.15, 0.2) is 35.9 Å². The number of carbonyl (C=O) groups is 2. The molecule has 0 bridgehead atoms. The van der Waals surface area contributed by atoms with Gasteiger partial charge < -0.3 is 14.5 Å². The molecule has 2 aromatic rings. The number of amides is 1. The van der Waals surface area contributed by atoms with E-state index in [1.54, 1.807) is 18.0 Å². The van der Waals surface area contributed by atoms with Gasteiger partial charge in [0.05, 0.1) is 16.7 Å². The maximum Gasteiger partial charge on any atom is 0.336 e. The molecule has 3 aliphatic rings. The molecule has 0 radical (unpaired) electrons.